The largest absolute Gasteiger partial charge is 0.496 e. The molecule has 0 saturated carbocycles. The van der Waals surface area contributed by atoms with Crippen molar-refractivity contribution in [2.24, 2.45) is 4.99 Å². The summed E-state index contributed by atoms with van der Waals surface area (Å²) in [6.07, 6.45) is 2.32. The zero-order valence-electron chi connectivity index (χ0n) is 15.6. The van der Waals surface area contributed by atoms with Crippen LogP contribution in [0.3, 0.4) is 0 Å². The highest BCUT2D eigenvalue weighted by Crippen LogP contribution is 2.28. The average Bonchev–Trinajstić information content (AvgIpc) is 2.55. The molecule has 1 aromatic rings. The molecule has 0 aromatic heterocycles. The number of methoxy groups -OCH3 is 1. The van der Waals surface area contributed by atoms with Crippen LogP contribution in [0, 0.1) is 0 Å². The van der Waals surface area contributed by atoms with Crippen LogP contribution >= 0.6 is 24.0 Å². The minimum atomic E-state index is 0. The van der Waals surface area contributed by atoms with Crippen molar-refractivity contribution in [1.29, 1.82) is 0 Å². The maximum absolute atomic E-state index is 5.50. The van der Waals surface area contributed by atoms with E-state index in [1.807, 2.05) is 18.2 Å². The number of nitrogens with one attached hydrogen (secondary N) is 2. The molecule has 0 spiro atoms. The molecule has 2 N–H and O–H groups in total. The molecule has 5 nitrogen and oxygen atoms in total. The van der Waals surface area contributed by atoms with E-state index in [1.54, 1.807) is 7.11 Å². The molecule has 1 rings (SSSR count). The molecule has 0 aliphatic heterocycles. The number of unbranched alkanes of at least 4 members (excludes halogenated alkanes) is 1. The molecular formula is C18H33IN4O. The summed E-state index contributed by atoms with van der Waals surface area (Å²) < 4.78 is 5.50. The fourth-order valence-corrected chi connectivity index (χ4v) is 2.38. The number of nitrogens with zero attached hydrogens (tertiary/aromatic N) is 2. The van der Waals surface area contributed by atoms with Gasteiger partial charge in [-0.3, -0.25) is 4.99 Å². The third-order valence-corrected chi connectivity index (χ3v) is 3.71. The van der Waals surface area contributed by atoms with Crippen LogP contribution in [0.5, 0.6) is 5.75 Å². The second-order valence-corrected chi connectivity index (χ2v) is 5.72. The Balaban J connectivity index is 0.00000529. The minimum Gasteiger partial charge on any atom is -0.496 e. The van der Waals surface area contributed by atoms with Crippen LogP contribution < -0.4 is 15.4 Å². The number of hydrogen-bond donors (Lipinski definition) is 2. The molecular weight excluding hydrogens is 415 g/mol. The molecule has 0 aliphatic carbocycles. The molecule has 0 aliphatic rings. The third-order valence-electron chi connectivity index (χ3n) is 3.71. The van der Waals surface area contributed by atoms with Crippen LogP contribution in [0.4, 0.5) is 0 Å². The molecule has 1 atom stereocenters. The van der Waals surface area contributed by atoms with E-state index in [2.05, 4.69) is 49.5 Å². The molecule has 6 heteroatoms. The topological polar surface area (TPSA) is 48.9 Å². The van der Waals surface area contributed by atoms with Crippen LogP contribution in [0.15, 0.2) is 29.3 Å². The SMILES string of the molecule is CCCCNC(=NCC(c1ccccc1OC)N(C)C)NCC.I. The van der Waals surface area contributed by atoms with Crippen LogP contribution in [0.2, 0.25) is 0 Å². The number of likely N-dealkylation sites (N-methyl/N-ethyl adjacent to an activating group) is 1. The van der Waals surface area contributed by atoms with E-state index < -0.39 is 0 Å². The van der Waals surface area contributed by atoms with Gasteiger partial charge in [-0.1, -0.05) is 31.5 Å². The predicted octanol–water partition coefficient (Wildman–Crippen LogP) is 3.27. The van der Waals surface area contributed by atoms with Gasteiger partial charge in [0.2, 0.25) is 0 Å². The van der Waals surface area contributed by atoms with Crippen molar-refractivity contribution in [3.63, 3.8) is 0 Å². The summed E-state index contributed by atoms with van der Waals surface area (Å²) >= 11 is 0. The van der Waals surface area contributed by atoms with Gasteiger partial charge in [-0.15, -0.1) is 24.0 Å². The second-order valence-electron chi connectivity index (χ2n) is 5.72. The van der Waals surface area contributed by atoms with Gasteiger partial charge in [0, 0.05) is 18.7 Å². The summed E-state index contributed by atoms with van der Waals surface area (Å²) in [4.78, 5) is 6.93. The van der Waals surface area contributed by atoms with Crippen molar-refractivity contribution in [3.05, 3.63) is 29.8 Å². The Labute approximate surface area is 164 Å². The third kappa shape index (κ3) is 7.70. The highest BCUT2D eigenvalue weighted by Gasteiger charge is 2.18. The maximum Gasteiger partial charge on any atom is 0.191 e. The van der Waals surface area contributed by atoms with Crippen molar-refractivity contribution < 1.29 is 4.74 Å². The van der Waals surface area contributed by atoms with Gasteiger partial charge in [0.1, 0.15) is 5.75 Å². The van der Waals surface area contributed by atoms with Crippen molar-refractivity contribution in [1.82, 2.24) is 15.5 Å². The minimum absolute atomic E-state index is 0. The summed E-state index contributed by atoms with van der Waals surface area (Å²) in [5, 5.41) is 6.69. The van der Waals surface area contributed by atoms with E-state index in [4.69, 9.17) is 9.73 Å². The Morgan fingerprint density at radius 2 is 1.92 bits per heavy atom. The molecule has 0 radical (unpaired) electrons. The summed E-state index contributed by atoms with van der Waals surface area (Å²) in [5.74, 6) is 1.79. The van der Waals surface area contributed by atoms with Gasteiger partial charge in [0.05, 0.1) is 19.7 Å². The van der Waals surface area contributed by atoms with E-state index in [0.717, 1.165) is 36.8 Å². The predicted molar refractivity (Wildman–Crippen MR) is 114 cm³/mol. The number of guanidine groups is 1. The standard InChI is InChI=1S/C18H32N4O.HI/c1-6-8-13-20-18(19-7-2)21-14-16(22(3)4)15-11-9-10-12-17(15)23-5;/h9-12,16H,6-8,13-14H2,1-5H3,(H2,19,20,21);1H. The fraction of sp³-hybridized carbons (Fsp3) is 0.611. The fourth-order valence-electron chi connectivity index (χ4n) is 2.38. The Morgan fingerprint density at radius 1 is 1.21 bits per heavy atom. The van der Waals surface area contributed by atoms with Gasteiger partial charge in [0.15, 0.2) is 5.96 Å². The molecule has 0 fully saturated rings. The van der Waals surface area contributed by atoms with Crippen LogP contribution in [-0.4, -0.2) is 51.7 Å². The summed E-state index contributed by atoms with van der Waals surface area (Å²) in [7, 11) is 5.86. The van der Waals surface area contributed by atoms with Crippen LogP contribution in [0.1, 0.15) is 38.3 Å². The van der Waals surface area contributed by atoms with Gasteiger partial charge in [-0.2, -0.15) is 0 Å². The molecule has 138 valence electrons. The van der Waals surface area contributed by atoms with Crippen molar-refractivity contribution in [2.75, 3.05) is 40.8 Å². The zero-order valence-corrected chi connectivity index (χ0v) is 18.0. The highest BCUT2D eigenvalue weighted by molar-refractivity contribution is 14.0. The number of aliphatic imine (C=N–C) groups is 1. The smallest absolute Gasteiger partial charge is 0.191 e. The van der Waals surface area contributed by atoms with Crippen LogP contribution in [-0.2, 0) is 0 Å². The number of benzene rings is 1. The first-order valence-electron chi connectivity index (χ1n) is 8.45. The summed E-state index contributed by atoms with van der Waals surface area (Å²) in [5.41, 5.74) is 1.16. The number of halogens is 1. The lowest BCUT2D eigenvalue weighted by molar-refractivity contribution is 0.295. The molecule has 0 heterocycles. The molecule has 0 bridgehead atoms. The van der Waals surface area contributed by atoms with E-state index in [1.165, 1.54) is 6.42 Å². The van der Waals surface area contributed by atoms with Crippen molar-refractivity contribution >= 4 is 29.9 Å². The second kappa shape index (κ2) is 13.3. The quantitative estimate of drug-likeness (QED) is 0.264. The first kappa shape index (κ1) is 23.0. The first-order valence-corrected chi connectivity index (χ1v) is 8.45. The lowest BCUT2D eigenvalue weighted by Crippen LogP contribution is -2.38. The van der Waals surface area contributed by atoms with Gasteiger partial charge in [-0.25, -0.2) is 0 Å². The Bertz CT molecular complexity index is 480. The monoisotopic (exact) mass is 448 g/mol. The lowest BCUT2D eigenvalue weighted by atomic mass is 10.0. The van der Waals surface area contributed by atoms with Crippen molar-refractivity contribution in [2.45, 2.75) is 32.7 Å². The molecule has 1 unspecified atom stereocenters. The highest BCUT2D eigenvalue weighted by atomic mass is 127. The normalized spacial score (nSPS) is 12.5. The van der Waals surface area contributed by atoms with Gasteiger partial charge < -0.3 is 20.3 Å². The molecule has 0 saturated heterocycles. The number of rotatable bonds is 9. The van der Waals surface area contributed by atoms with Crippen molar-refractivity contribution in [3.8, 4) is 5.75 Å². The first-order chi connectivity index (χ1) is 11.1. The Kier molecular flexibility index (Phi) is 12.7. The van der Waals surface area contributed by atoms with E-state index >= 15 is 0 Å². The maximum atomic E-state index is 5.50. The summed E-state index contributed by atoms with van der Waals surface area (Å²) in [6, 6.07) is 8.32. The van der Waals surface area contributed by atoms with E-state index in [9.17, 15) is 0 Å². The number of hydrogen-bond acceptors (Lipinski definition) is 3. The number of ether oxygens (including phenoxy) is 1. The Morgan fingerprint density at radius 3 is 2.50 bits per heavy atom. The lowest BCUT2D eigenvalue weighted by Gasteiger charge is -2.25. The van der Waals surface area contributed by atoms with Gasteiger partial charge in [-0.05, 0) is 33.5 Å². The zero-order chi connectivity index (χ0) is 17.1. The molecule has 24 heavy (non-hydrogen) atoms. The molecule has 1 aromatic carbocycles. The van der Waals surface area contributed by atoms with Gasteiger partial charge >= 0.3 is 0 Å². The number of para-hydroxylation sites is 1. The molecule has 0 amide bonds. The van der Waals surface area contributed by atoms with E-state index in [-0.39, 0.29) is 30.0 Å². The van der Waals surface area contributed by atoms with Gasteiger partial charge in [0.25, 0.3) is 0 Å². The Hall–Kier alpha value is -1.02. The average molecular weight is 448 g/mol. The summed E-state index contributed by atoms with van der Waals surface area (Å²) in [6.45, 7) is 6.76. The van der Waals surface area contributed by atoms with Crippen LogP contribution in [0.25, 0.3) is 0 Å². The van der Waals surface area contributed by atoms with E-state index in [0.29, 0.717) is 6.54 Å².